The Hall–Kier alpha value is -2.62. The van der Waals surface area contributed by atoms with Crippen molar-refractivity contribution in [3.8, 4) is 0 Å². The molecule has 2 amide bonds. The van der Waals surface area contributed by atoms with Crippen molar-refractivity contribution >= 4 is 11.8 Å². The average Bonchev–Trinajstić information content (AvgIpc) is 3.16. The topological polar surface area (TPSA) is 49.4 Å². The molecule has 1 fully saturated rings. The summed E-state index contributed by atoms with van der Waals surface area (Å²) in [6.07, 6.45) is 4.91. The first-order valence-corrected chi connectivity index (χ1v) is 9.86. The fraction of sp³-hybridized carbons (Fsp3) is 0.391. The minimum absolute atomic E-state index is 0.0314. The van der Waals surface area contributed by atoms with Crippen LogP contribution in [0.5, 0.6) is 0 Å². The summed E-state index contributed by atoms with van der Waals surface area (Å²) < 4.78 is 0. The number of carbonyl (C=O) groups excluding carboxylic acids is 2. The molecule has 1 aliphatic rings. The molecule has 3 rings (SSSR count). The molecule has 4 nitrogen and oxygen atoms in total. The fourth-order valence-corrected chi connectivity index (χ4v) is 3.74. The van der Waals surface area contributed by atoms with Gasteiger partial charge in [0.05, 0.1) is 6.42 Å². The van der Waals surface area contributed by atoms with Gasteiger partial charge >= 0.3 is 0 Å². The van der Waals surface area contributed by atoms with E-state index in [4.69, 9.17) is 0 Å². The van der Waals surface area contributed by atoms with E-state index in [1.54, 1.807) is 0 Å². The number of rotatable bonds is 8. The van der Waals surface area contributed by atoms with E-state index in [1.165, 1.54) is 5.56 Å². The molecule has 27 heavy (non-hydrogen) atoms. The highest BCUT2D eigenvalue weighted by molar-refractivity contribution is 5.80. The molecule has 1 atom stereocenters. The Morgan fingerprint density at radius 1 is 0.963 bits per heavy atom. The van der Waals surface area contributed by atoms with Crippen LogP contribution in [0.3, 0.4) is 0 Å². The summed E-state index contributed by atoms with van der Waals surface area (Å²) in [5, 5.41) is 2.87. The van der Waals surface area contributed by atoms with Gasteiger partial charge in [0, 0.05) is 25.6 Å². The smallest absolute Gasteiger partial charge is 0.224 e. The van der Waals surface area contributed by atoms with Gasteiger partial charge in [-0.15, -0.1) is 0 Å². The maximum absolute atomic E-state index is 12.6. The number of benzene rings is 2. The van der Waals surface area contributed by atoms with Gasteiger partial charge in [0.1, 0.15) is 0 Å². The molecule has 2 aromatic rings. The molecule has 0 spiro atoms. The number of hydrogen-bond acceptors (Lipinski definition) is 2. The molecule has 1 aliphatic heterocycles. The molecule has 4 heteroatoms. The van der Waals surface area contributed by atoms with E-state index in [0.717, 1.165) is 37.8 Å². The summed E-state index contributed by atoms with van der Waals surface area (Å²) in [7, 11) is 0. The summed E-state index contributed by atoms with van der Waals surface area (Å²) in [6, 6.07) is 20.4. The molecule has 2 aromatic carbocycles. The predicted molar refractivity (Wildman–Crippen MR) is 107 cm³/mol. The molecule has 0 saturated carbocycles. The molecule has 142 valence electrons. The molecular formula is C23H28N2O2. The van der Waals surface area contributed by atoms with Crippen molar-refractivity contribution < 1.29 is 9.59 Å². The lowest BCUT2D eigenvalue weighted by Gasteiger charge is -2.25. The number of carbonyl (C=O) groups is 2. The molecule has 1 heterocycles. The van der Waals surface area contributed by atoms with E-state index in [1.807, 2.05) is 41.3 Å². The monoisotopic (exact) mass is 364 g/mol. The SMILES string of the molecule is O=C(Cc1ccccc1)NCCC(=O)N1CCC[C@H]1CCc1ccccc1. The first-order chi connectivity index (χ1) is 13.2. The van der Waals surface area contributed by atoms with Crippen LogP contribution in [0, 0.1) is 0 Å². The normalized spacial score (nSPS) is 16.3. The lowest BCUT2D eigenvalue weighted by atomic mass is 10.0. The van der Waals surface area contributed by atoms with Crippen LogP contribution < -0.4 is 5.32 Å². The Balaban J connectivity index is 1.39. The van der Waals surface area contributed by atoms with Crippen LogP contribution >= 0.6 is 0 Å². The maximum atomic E-state index is 12.6. The second-order valence-electron chi connectivity index (χ2n) is 7.17. The van der Waals surface area contributed by atoms with Crippen molar-refractivity contribution in [2.45, 2.75) is 44.6 Å². The lowest BCUT2D eigenvalue weighted by molar-refractivity contribution is -0.132. The number of hydrogen-bond donors (Lipinski definition) is 1. The van der Waals surface area contributed by atoms with E-state index in [-0.39, 0.29) is 11.8 Å². The lowest BCUT2D eigenvalue weighted by Crippen LogP contribution is -2.38. The van der Waals surface area contributed by atoms with Crippen LogP contribution in [0.15, 0.2) is 60.7 Å². The van der Waals surface area contributed by atoms with Gasteiger partial charge in [-0.3, -0.25) is 9.59 Å². The average molecular weight is 364 g/mol. The molecule has 0 radical (unpaired) electrons. The van der Waals surface area contributed by atoms with E-state index in [2.05, 4.69) is 29.6 Å². The summed E-state index contributed by atoms with van der Waals surface area (Å²) in [5.74, 6) is 0.127. The van der Waals surface area contributed by atoms with E-state index in [0.29, 0.717) is 25.4 Å². The number of likely N-dealkylation sites (tertiary alicyclic amines) is 1. The minimum Gasteiger partial charge on any atom is -0.355 e. The standard InChI is InChI=1S/C23H28N2O2/c26-22(18-20-10-5-2-6-11-20)24-16-15-23(27)25-17-7-12-21(25)14-13-19-8-3-1-4-9-19/h1-6,8-11,21H,7,12-18H2,(H,24,26)/t21-/m0/s1. The summed E-state index contributed by atoms with van der Waals surface area (Å²) in [4.78, 5) is 26.6. The van der Waals surface area contributed by atoms with E-state index in [9.17, 15) is 9.59 Å². The van der Waals surface area contributed by atoms with Crippen molar-refractivity contribution in [2.24, 2.45) is 0 Å². The largest absolute Gasteiger partial charge is 0.355 e. The number of nitrogens with zero attached hydrogens (tertiary/aromatic N) is 1. The second kappa shape index (κ2) is 9.91. The number of aryl methyl sites for hydroxylation is 1. The summed E-state index contributed by atoms with van der Waals surface area (Å²) in [6.45, 7) is 1.25. The zero-order chi connectivity index (χ0) is 18.9. The van der Waals surface area contributed by atoms with Gasteiger partial charge in [-0.25, -0.2) is 0 Å². The van der Waals surface area contributed by atoms with Crippen molar-refractivity contribution in [2.75, 3.05) is 13.1 Å². The Labute approximate surface area is 161 Å². The zero-order valence-corrected chi connectivity index (χ0v) is 15.8. The van der Waals surface area contributed by atoms with Gasteiger partial charge in [0.2, 0.25) is 11.8 Å². The Bertz CT molecular complexity index is 731. The van der Waals surface area contributed by atoms with E-state index >= 15 is 0 Å². The highest BCUT2D eigenvalue weighted by Gasteiger charge is 2.27. The molecular weight excluding hydrogens is 336 g/mol. The zero-order valence-electron chi connectivity index (χ0n) is 15.8. The first kappa shape index (κ1) is 19.2. The van der Waals surface area contributed by atoms with Crippen LogP contribution in [-0.2, 0) is 22.4 Å². The summed E-state index contributed by atoms with van der Waals surface area (Å²) >= 11 is 0. The van der Waals surface area contributed by atoms with Crippen LogP contribution in [-0.4, -0.2) is 35.8 Å². The third-order valence-corrected chi connectivity index (χ3v) is 5.18. The van der Waals surface area contributed by atoms with Crippen molar-refractivity contribution in [1.29, 1.82) is 0 Å². The number of amides is 2. The predicted octanol–water partition coefficient (Wildman–Crippen LogP) is 3.36. The van der Waals surface area contributed by atoms with E-state index < -0.39 is 0 Å². The summed E-state index contributed by atoms with van der Waals surface area (Å²) in [5.41, 5.74) is 2.31. The van der Waals surface area contributed by atoms with Gasteiger partial charge in [-0.1, -0.05) is 60.7 Å². The van der Waals surface area contributed by atoms with Crippen LogP contribution in [0.25, 0.3) is 0 Å². The third-order valence-electron chi connectivity index (χ3n) is 5.18. The molecule has 0 unspecified atom stereocenters. The molecule has 1 N–H and O–H groups in total. The van der Waals surface area contributed by atoms with Crippen molar-refractivity contribution in [3.63, 3.8) is 0 Å². The molecule has 0 bridgehead atoms. The first-order valence-electron chi connectivity index (χ1n) is 9.86. The van der Waals surface area contributed by atoms with Gasteiger partial charge < -0.3 is 10.2 Å². The van der Waals surface area contributed by atoms with Crippen LogP contribution in [0.2, 0.25) is 0 Å². The quantitative estimate of drug-likeness (QED) is 0.781. The second-order valence-corrected chi connectivity index (χ2v) is 7.17. The maximum Gasteiger partial charge on any atom is 0.224 e. The fourth-order valence-electron chi connectivity index (χ4n) is 3.74. The highest BCUT2D eigenvalue weighted by atomic mass is 16.2. The third kappa shape index (κ3) is 5.95. The number of nitrogens with one attached hydrogen (secondary N) is 1. The Kier molecular flexibility index (Phi) is 7.03. The van der Waals surface area contributed by atoms with Gasteiger partial charge in [-0.2, -0.15) is 0 Å². The molecule has 0 aromatic heterocycles. The van der Waals surface area contributed by atoms with Gasteiger partial charge in [0.25, 0.3) is 0 Å². The Morgan fingerprint density at radius 2 is 1.63 bits per heavy atom. The van der Waals surface area contributed by atoms with Crippen molar-refractivity contribution in [1.82, 2.24) is 10.2 Å². The van der Waals surface area contributed by atoms with Gasteiger partial charge in [-0.05, 0) is 36.8 Å². The highest BCUT2D eigenvalue weighted by Crippen LogP contribution is 2.22. The molecule has 0 aliphatic carbocycles. The Morgan fingerprint density at radius 3 is 2.33 bits per heavy atom. The van der Waals surface area contributed by atoms with Crippen molar-refractivity contribution in [3.05, 3.63) is 71.8 Å². The van der Waals surface area contributed by atoms with Crippen LogP contribution in [0.4, 0.5) is 0 Å². The van der Waals surface area contributed by atoms with Gasteiger partial charge in [0.15, 0.2) is 0 Å². The van der Waals surface area contributed by atoms with Crippen LogP contribution in [0.1, 0.15) is 36.8 Å². The molecule has 1 saturated heterocycles. The minimum atomic E-state index is -0.0314.